The van der Waals surface area contributed by atoms with Crippen molar-refractivity contribution in [2.45, 2.75) is 13.8 Å². The Bertz CT molecular complexity index is 1030. The van der Waals surface area contributed by atoms with Gasteiger partial charge in [-0.15, -0.1) is 11.3 Å². The Balaban J connectivity index is 1.94. The highest BCUT2D eigenvalue weighted by Gasteiger charge is 2.24. The number of hydrogen-bond donors (Lipinski definition) is 3. The van der Waals surface area contributed by atoms with Gasteiger partial charge >= 0.3 is 5.97 Å². The number of rotatable bonds is 4. The molecule has 5 nitrogen and oxygen atoms in total. The van der Waals surface area contributed by atoms with Crippen molar-refractivity contribution in [1.29, 1.82) is 0 Å². The van der Waals surface area contributed by atoms with Crippen molar-refractivity contribution in [2.75, 3.05) is 17.7 Å². The van der Waals surface area contributed by atoms with Gasteiger partial charge in [0.05, 0.1) is 12.8 Å². The van der Waals surface area contributed by atoms with Crippen molar-refractivity contribution < 1.29 is 14.6 Å². The molecule has 0 aliphatic carbocycles. The third kappa shape index (κ3) is 4.16. The number of phenols is 1. The molecule has 3 aromatic rings. The number of methoxy groups -OCH3 is 1. The van der Waals surface area contributed by atoms with E-state index in [1.807, 2.05) is 44.2 Å². The normalized spacial score (nSPS) is 10.4. The molecule has 0 fully saturated rings. The summed E-state index contributed by atoms with van der Waals surface area (Å²) >= 11 is 6.82. The van der Waals surface area contributed by atoms with E-state index in [2.05, 4.69) is 10.6 Å². The van der Waals surface area contributed by atoms with E-state index in [1.54, 1.807) is 18.2 Å². The molecule has 1 heterocycles. The average Bonchev–Trinajstić information content (AvgIpc) is 3.00. The smallest absolute Gasteiger partial charge is 0.341 e. The van der Waals surface area contributed by atoms with E-state index < -0.39 is 5.97 Å². The quantitative estimate of drug-likeness (QED) is 0.306. The van der Waals surface area contributed by atoms with Gasteiger partial charge in [0.1, 0.15) is 16.3 Å². The topological polar surface area (TPSA) is 70.6 Å². The SMILES string of the molecule is COC(=O)c1c(NC(=S)Nc2cc(C)ccc2O)sc(C)c1-c1ccccc1. The molecule has 7 heteroatoms. The number of ether oxygens (including phenoxy) is 1. The summed E-state index contributed by atoms with van der Waals surface area (Å²) in [4.78, 5) is 13.5. The third-order valence-corrected chi connectivity index (χ3v) is 5.39. The van der Waals surface area contributed by atoms with Gasteiger partial charge in [0.25, 0.3) is 0 Å². The molecule has 28 heavy (non-hydrogen) atoms. The van der Waals surface area contributed by atoms with Gasteiger partial charge in [-0.05, 0) is 49.3 Å². The lowest BCUT2D eigenvalue weighted by molar-refractivity contribution is 0.0603. The third-order valence-electron chi connectivity index (χ3n) is 4.16. The summed E-state index contributed by atoms with van der Waals surface area (Å²) in [6, 6.07) is 14.9. The van der Waals surface area contributed by atoms with Gasteiger partial charge in [-0.1, -0.05) is 36.4 Å². The molecule has 0 unspecified atom stereocenters. The van der Waals surface area contributed by atoms with Gasteiger partial charge in [-0.2, -0.15) is 0 Å². The maximum absolute atomic E-state index is 12.5. The van der Waals surface area contributed by atoms with Crippen LogP contribution in [0.4, 0.5) is 10.7 Å². The molecule has 0 amide bonds. The van der Waals surface area contributed by atoms with Gasteiger partial charge in [0.15, 0.2) is 5.11 Å². The number of hydrogen-bond acceptors (Lipinski definition) is 5. The highest BCUT2D eigenvalue weighted by molar-refractivity contribution is 7.80. The Kier molecular flexibility index (Phi) is 5.96. The van der Waals surface area contributed by atoms with Crippen molar-refractivity contribution in [2.24, 2.45) is 0 Å². The number of benzene rings is 2. The Morgan fingerprint density at radius 1 is 1.11 bits per heavy atom. The largest absolute Gasteiger partial charge is 0.506 e. The lowest BCUT2D eigenvalue weighted by Crippen LogP contribution is -2.20. The van der Waals surface area contributed by atoms with Crippen molar-refractivity contribution in [1.82, 2.24) is 0 Å². The van der Waals surface area contributed by atoms with Crippen molar-refractivity contribution in [3.05, 3.63) is 64.5 Å². The number of carbonyl (C=O) groups excluding carboxylic acids is 1. The maximum Gasteiger partial charge on any atom is 0.341 e. The van der Waals surface area contributed by atoms with Gasteiger partial charge in [-0.3, -0.25) is 0 Å². The minimum absolute atomic E-state index is 0.0928. The number of nitrogens with one attached hydrogen (secondary N) is 2. The minimum atomic E-state index is -0.438. The molecule has 0 bridgehead atoms. The van der Waals surface area contributed by atoms with E-state index in [-0.39, 0.29) is 10.9 Å². The second kappa shape index (κ2) is 8.41. The monoisotopic (exact) mass is 412 g/mol. The highest BCUT2D eigenvalue weighted by atomic mass is 32.1. The molecule has 3 rings (SSSR count). The van der Waals surface area contributed by atoms with E-state index in [0.717, 1.165) is 21.6 Å². The van der Waals surface area contributed by atoms with E-state index in [4.69, 9.17) is 17.0 Å². The van der Waals surface area contributed by atoms with Crippen molar-refractivity contribution in [3.63, 3.8) is 0 Å². The summed E-state index contributed by atoms with van der Waals surface area (Å²) in [6.07, 6.45) is 0. The van der Waals surface area contributed by atoms with Crippen molar-refractivity contribution in [3.8, 4) is 16.9 Å². The summed E-state index contributed by atoms with van der Waals surface area (Å²) in [5.74, 6) is -0.345. The van der Waals surface area contributed by atoms with E-state index >= 15 is 0 Å². The Morgan fingerprint density at radius 2 is 1.82 bits per heavy atom. The number of aryl methyl sites for hydroxylation is 2. The van der Waals surface area contributed by atoms with Crippen LogP contribution in [-0.2, 0) is 4.74 Å². The first-order valence-corrected chi connectivity index (χ1v) is 9.78. The van der Waals surface area contributed by atoms with Crippen LogP contribution in [0, 0.1) is 13.8 Å². The fourth-order valence-corrected chi connectivity index (χ4v) is 4.23. The van der Waals surface area contributed by atoms with Gasteiger partial charge in [-0.25, -0.2) is 4.79 Å². The summed E-state index contributed by atoms with van der Waals surface area (Å²) in [6.45, 7) is 3.87. The molecule has 0 spiro atoms. The predicted octanol–water partition coefficient (Wildman–Crippen LogP) is 5.33. The standard InChI is InChI=1S/C21H20N2O3S2/c1-12-9-10-16(24)15(11-12)22-21(27)23-19-18(20(25)26-3)17(13(2)28-19)14-7-5-4-6-8-14/h4-11,24H,1-3H3,(H2,22,23,27). The summed E-state index contributed by atoms with van der Waals surface area (Å²) < 4.78 is 5.01. The lowest BCUT2D eigenvalue weighted by atomic mass is 10.0. The number of thiocarbonyl (C=S) groups is 1. The van der Waals surface area contributed by atoms with Gasteiger partial charge in [0, 0.05) is 10.4 Å². The van der Waals surface area contributed by atoms with Crippen LogP contribution >= 0.6 is 23.6 Å². The summed E-state index contributed by atoms with van der Waals surface area (Å²) in [5, 5.41) is 16.9. The highest BCUT2D eigenvalue weighted by Crippen LogP contribution is 2.40. The number of phenolic OH excluding ortho intramolecular Hbond substituents is 1. The molecular formula is C21H20N2O3S2. The fraction of sp³-hybridized carbons (Fsp3) is 0.143. The van der Waals surface area contributed by atoms with Crippen LogP contribution in [0.5, 0.6) is 5.75 Å². The van der Waals surface area contributed by atoms with E-state index in [1.165, 1.54) is 18.4 Å². The van der Waals surface area contributed by atoms with Crippen LogP contribution in [0.2, 0.25) is 0 Å². The van der Waals surface area contributed by atoms with Crippen LogP contribution in [-0.4, -0.2) is 23.3 Å². The molecule has 144 valence electrons. The fourth-order valence-electron chi connectivity index (χ4n) is 2.89. The number of thiophene rings is 1. The lowest BCUT2D eigenvalue weighted by Gasteiger charge is -2.13. The zero-order valence-corrected chi connectivity index (χ0v) is 17.3. The number of anilines is 2. The van der Waals surface area contributed by atoms with Crippen LogP contribution in [0.15, 0.2) is 48.5 Å². The van der Waals surface area contributed by atoms with E-state index in [0.29, 0.717) is 16.3 Å². The minimum Gasteiger partial charge on any atom is -0.506 e. The second-order valence-electron chi connectivity index (χ2n) is 6.19. The number of esters is 1. The van der Waals surface area contributed by atoms with Crippen LogP contribution in [0.3, 0.4) is 0 Å². The molecule has 0 atom stereocenters. The van der Waals surface area contributed by atoms with E-state index in [9.17, 15) is 9.90 Å². The average molecular weight is 413 g/mol. The molecule has 1 aromatic heterocycles. The molecule has 0 radical (unpaired) electrons. The van der Waals surface area contributed by atoms with Crippen molar-refractivity contribution >= 4 is 45.3 Å². The maximum atomic E-state index is 12.5. The van der Waals surface area contributed by atoms with Gasteiger partial charge < -0.3 is 20.5 Å². The molecular weight excluding hydrogens is 392 g/mol. The van der Waals surface area contributed by atoms with Crippen LogP contribution < -0.4 is 10.6 Å². The van der Waals surface area contributed by atoms with Crippen LogP contribution in [0.1, 0.15) is 20.8 Å². The number of carbonyl (C=O) groups is 1. The zero-order valence-electron chi connectivity index (χ0n) is 15.7. The summed E-state index contributed by atoms with van der Waals surface area (Å²) in [7, 11) is 1.36. The molecule has 0 aliphatic rings. The Labute approximate surface area is 173 Å². The summed E-state index contributed by atoms with van der Waals surface area (Å²) in [5.41, 5.74) is 3.67. The Hall–Kier alpha value is -2.90. The Morgan fingerprint density at radius 3 is 2.50 bits per heavy atom. The van der Waals surface area contributed by atoms with Crippen LogP contribution in [0.25, 0.3) is 11.1 Å². The molecule has 0 aliphatic heterocycles. The molecule has 0 saturated heterocycles. The van der Waals surface area contributed by atoms with Gasteiger partial charge in [0.2, 0.25) is 0 Å². The first-order valence-electron chi connectivity index (χ1n) is 8.55. The first-order chi connectivity index (χ1) is 13.4. The first kappa shape index (κ1) is 19.9. The molecule has 0 saturated carbocycles. The predicted molar refractivity (Wildman–Crippen MR) is 119 cm³/mol. The number of aromatic hydroxyl groups is 1. The molecule has 3 N–H and O–H groups in total. The molecule has 2 aromatic carbocycles. The zero-order chi connectivity index (χ0) is 20.3. The second-order valence-corrected chi connectivity index (χ2v) is 7.83.